The number of halogens is 1. The largest absolute Gasteiger partial charge is 0.375 e. The Morgan fingerprint density at radius 1 is 1.39 bits per heavy atom. The van der Waals surface area contributed by atoms with Gasteiger partial charge in [0.1, 0.15) is 5.82 Å². The van der Waals surface area contributed by atoms with E-state index in [1.807, 2.05) is 36.5 Å². The Hall–Kier alpha value is -2.31. The molecule has 28 heavy (non-hydrogen) atoms. The quantitative estimate of drug-likeness (QED) is 0.594. The van der Waals surface area contributed by atoms with E-state index in [-0.39, 0.29) is 12.1 Å². The molecule has 2 atom stereocenters. The number of ether oxygens (including phenoxy) is 1. The van der Waals surface area contributed by atoms with Crippen LogP contribution in [0.15, 0.2) is 47.6 Å². The van der Waals surface area contributed by atoms with Crippen LogP contribution in [-0.2, 0) is 11.3 Å². The van der Waals surface area contributed by atoms with E-state index in [2.05, 4.69) is 45.4 Å². The minimum Gasteiger partial charge on any atom is -0.375 e. The van der Waals surface area contributed by atoms with Crippen molar-refractivity contribution in [3.63, 3.8) is 0 Å². The molecule has 7 heteroatoms. The van der Waals surface area contributed by atoms with Crippen molar-refractivity contribution in [1.29, 1.82) is 0 Å². The third kappa shape index (κ3) is 5.36. The zero-order chi connectivity index (χ0) is 19.9. The summed E-state index contributed by atoms with van der Waals surface area (Å²) < 4.78 is 5.62. The number of aromatic nitrogens is 1. The van der Waals surface area contributed by atoms with Crippen molar-refractivity contribution in [2.24, 2.45) is 4.99 Å². The van der Waals surface area contributed by atoms with Crippen LogP contribution in [0, 0.1) is 0 Å². The summed E-state index contributed by atoms with van der Waals surface area (Å²) >= 11 is 6.30. The lowest BCUT2D eigenvalue weighted by molar-refractivity contribution is 0.0529. The molecule has 0 saturated carbocycles. The molecular formula is C21H28ClN5O. The fourth-order valence-corrected chi connectivity index (χ4v) is 3.56. The average Bonchev–Trinajstić information content (AvgIpc) is 2.71. The fraction of sp³-hybridized carbons (Fsp3) is 0.429. The molecule has 1 aliphatic heterocycles. The maximum absolute atomic E-state index is 6.30. The van der Waals surface area contributed by atoms with Crippen LogP contribution >= 0.6 is 11.6 Å². The molecule has 1 aromatic heterocycles. The number of guanidine groups is 1. The molecule has 1 saturated heterocycles. The molecule has 1 fully saturated rings. The van der Waals surface area contributed by atoms with Gasteiger partial charge in [-0.3, -0.25) is 4.99 Å². The summed E-state index contributed by atoms with van der Waals surface area (Å²) in [6.07, 6.45) is 2.08. The molecule has 0 amide bonds. The van der Waals surface area contributed by atoms with Gasteiger partial charge in [0, 0.05) is 37.9 Å². The molecule has 3 rings (SSSR count). The van der Waals surface area contributed by atoms with E-state index in [0.29, 0.717) is 6.54 Å². The number of hydrogen-bond donors (Lipinski definition) is 2. The normalized spacial score (nSPS) is 18.6. The van der Waals surface area contributed by atoms with Gasteiger partial charge in [-0.05, 0) is 43.2 Å². The summed E-state index contributed by atoms with van der Waals surface area (Å²) in [7, 11) is 1.77. The van der Waals surface area contributed by atoms with Crippen LogP contribution in [0.5, 0.6) is 0 Å². The van der Waals surface area contributed by atoms with Gasteiger partial charge in [-0.2, -0.15) is 0 Å². The zero-order valence-electron chi connectivity index (χ0n) is 16.7. The second kappa shape index (κ2) is 9.75. The SMILES string of the molecule is CN=C(NCc1ccnc(N2CCOC(C)C2)c1)NC(C)c1ccccc1Cl. The summed E-state index contributed by atoms with van der Waals surface area (Å²) in [5, 5.41) is 7.51. The van der Waals surface area contributed by atoms with E-state index in [1.165, 1.54) is 0 Å². The number of anilines is 1. The number of hydrogen-bond acceptors (Lipinski definition) is 4. The number of nitrogens with one attached hydrogen (secondary N) is 2. The van der Waals surface area contributed by atoms with E-state index in [9.17, 15) is 0 Å². The Balaban J connectivity index is 1.59. The highest BCUT2D eigenvalue weighted by atomic mass is 35.5. The number of pyridine rings is 1. The first-order valence-corrected chi connectivity index (χ1v) is 9.97. The molecule has 2 N–H and O–H groups in total. The number of nitrogens with zero attached hydrogens (tertiary/aromatic N) is 3. The molecule has 0 bridgehead atoms. The first-order chi connectivity index (χ1) is 13.6. The van der Waals surface area contributed by atoms with Gasteiger partial charge in [-0.15, -0.1) is 0 Å². The molecule has 0 aliphatic carbocycles. The van der Waals surface area contributed by atoms with E-state index in [4.69, 9.17) is 16.3 Å². The minimum atomic E-state index is 0.0442. The van der Waals surface area contributed by atoms with Crippen LogP contribution in [0.3, 0.4) is 0 Å². The van der Waals surface area contributed by atoms with Gasteiger partial charge >= 0.3 is 0 Å². The van der Waals surface area contributed by atoms with Crippen molar-refractivity contribution >= 4 is 23.4 Å². The Kier molecular flexibility index (Phi) is 7.12. The summed E-state index contributed by atoms with van der Waals surface area (Å²) in [4.78, 5) is 11.1. The predicted octanol–water partition coefficient (Wildman–Crippen LogP) is 3.39. The van der Waals surface area contributed by atoms with Crippen molar-refractivity contribution in [2.75, 3.05) is 31.6 Å². The molecule has 6 nitrogen and oxygen atoms in total. The fourth-order valence-electron chi connectivity index (χ4n) is 3.26. The molecular weight excluding hydrogens is 374 g/mol. The van der Waals surface area contributed by atoms with Crippen LogP contribution in [0.2, 0.25) is 5.02 Å². The van der Waals surface area contributed by atoms with Gasteiger partial charge < -0.3 is 20.3 Å². The maximum atomic E-state index is 6.30. The third-order valence-corrected chi connectivity index (χ3v) is 5.13. The third-order valence-electron chi connectivity index (χ3n) is 4.78. The van der Waals surface area contributed by atoms with Gasteiger partial charge in [0.25, 0.3) is 0 Å². The van der Waals surface area contributed by atoms with Gasteiger partial charge in [-0.25, -0.2) is 4.98 Å². The van der Waals surface area contributed by atoms with Gasteiger partial charge in [-0.1, -0.05) is 29.8 Å². The first kappa shape index (κ1) is 20.4. The molecule has 1 aromatic carbocycles. The van der Waals surface area contributed by atoms with Crippen LogP contribution in [0.4, 0.5) is 5.82 Å². The highest BCUT2D eigenvalue weighted by Gasteiger charge is 2.18. The van der Waals surface area contributed by atoms with Crippen molar-refractivity contribution in [2.45, 2.75) is 32.5 Å². The highest BCUT2D eigenvalue weighted by molar-refractivity contribution is 6.31. The van der Waals surface area contributed by atoms with Crippen LogP contribution in [-0.4, -0.2) is 43.8 Å². The molecule has 1 aliphatic rings. The van der Waals surface area contributed by atoms with E-state index in [0.717, 1.165) is 47.6 Å². The number of benzene rings is 1. The number of rotatable bonds is 5. The maximum Gasteiger partial charge on any atom is 0.191 e. The van der Waals surface area contributed by atoms with Crippen LogP contribution < -0.4 is 15.5 Å². The van der Waals surface area contributed by atoms with Crippen molar-refractivity contribution in [1.82, 2.24) is 15.6 Å². The number of morpholine rings is 1. The van der Waals surface area contributed by atoms with E-state index in [1.54, 1.807) is 7.05 Å². The topological polar surface area (TPSA) is 61.8 Å². The second-order valence-electron chi connectivity index (χ2n) is 6.96. The van der Waals surface area contributed by atoms with Gasteiger partial charge in [0.15, 0.2) is 5.96 Å². The van der Waals surface area contributed by atoms with Crippen molar-refractivity contribution in [3.05, 3.63) is 58.7 Å². The van der Waals surface area contributed by atoms with E-state index < -0.39 is 0 Å². The standard InChI is InChI=1S/C21H28ClN5O/c1-15-14-27(10-11-28-15)20-12-17(8-9-24-20)13-25-21(23-3)26-16(2)18-6-4-5-7-19(18)22/h4-9,12,15-16H,10-11,13-14H2,1-3H3,(H2,23,25,26). The lowest BCUT2D eigenvalue weighted by atomic mass is 10.1. The molecule has 150 valence electrons. The van der Waals surface area contributed by atoms with Crippen LogP contribution in [0.25, 0.3) is 0 Å². The summed E-state index contributed by atoms with van der Waals surface area (Å²) in [6, 6.07) is 12.0. The first-order valence-electron chi connectivity index (χ1n) is 9.60. The molecule has 0 spiro atoms. The molecule has 2 unspecified atom stereocenters. The summed E-state index contributed by atoms with van der Waals surface area (Å²) in [5.74, 6) is 1.72. The van der Waals surface area contributed by atoms with Crippen molar-refractivity contribution < 1.29 is 4.74 Å². The summed E-state index contributed by atoms with van der Waals surface area (Å²) in [6.45, 7) is 7.28. The second-order valence-corrected chi connectivity index (χ2v) is 7.37. The number of aliphatic imine (C=N–C) groups is 1. The van der Waals surface area contributed by atoms with Gasteiger partial charge in [0.2, 0.25) is 0 Å². The lowest BCUT2D eigenvalue weighted by Gasteiger charge is -2.32. The Labute approximate surface area is 172 Å². The monoisotopic (exact) mass is 401 g/mol. The Bertz CT molecular complexity index is 813. The predicted molar refractivity (Wildman–Crippen MR) is 115 cm³/mol. The average molecular weight is 402 g/mol. The summed E-state index contributed by atoms with van der Waals surface area (Å²) in [5.41, 5.74) is 2.19. The Morgan fingerprint density at radius 3 is 2.96 bits per heavy atom. The van der Waals surface area contributed by atoms with Crippen LogP contribution in [0.1, 0.15) is 31.0 Å². The van der Waals surface area contributed by atoms with Gasteiger partial charge in [0.05, 0.1) is 18.8 Å². The molecule has 0 radical (unpaired) electrons. The lowest BCUT2D eigenvalue weighted by Crippen LogP contribution is -2.41. The molecule has 2 heterocycles. The molecule has 2 aromatic rings. The Morgan fingerprint density at radius 2 is 2.21 bits per heavy atom. The minimum absolute atomic E-state index is 0.0442. The van der Waals surface area contributed by atoms with E-state index >= 15 is 0 Å². The van der Waals surface area contributed by atoms with Crippen molar-refractivity contribution in [3.8, 4) is 0 Å². The zero-order valence-corrected chi connectivity index (χ0v) is 17.4. The highest BCUT2D eigenvalue weighted by Crippen LogP contribution is 2.22. The smallest absolute Gasteiger partial charge is 0.191 e.